The lowest BCUT2D eigenvalue weighted by atomic mass is 9.93. The number of carbonyl (C=O) groups is 2. The standard InChI is InChI=1S/C20H27ClN2O6/c1-14(25)22(15-7-3-2-4-8-15)19(26)9-5-6-12-29-18-11-10-17(21)20(23(27)28)16(18)13-24/h10-11,13-15,25H,2-9,12H2,1H3. The number of halogens is 1. The van der Waals surface area contributed by atoms with Crippen LogP contribution in [0.2, 0.25) is 5.02 Å². The maximum absolute atomic E-state index is 12.6. The van der Waals surface area contributed by atoms with Crippen LogP contribution in [0.15, 0.2) is 12.1 Å². The van der Waals surface area contributed by atoms with E-state index in [4.69, 9.17) is 16.3 Å². The molecule has 1 N–H and O–H groups in total. The molecule has 0 saturated heterocycles. The maximum atomic E-state index is 12.6. The second-order valence-electron chi connectivity index (χ2n) is 7.21. The van der Waals surface area contributed by atoms with Crippen molar-refractivity contribution in [2.24, 2.45) is 0 Å². The number of benzene rings is 1. The van der Waals surface area contributed by atoms with Crippen molar-refractivity contribution in [3.63, 3.8) is 0 Å². The Morgan fingerprint density at radius 2 is 2.07 bits per heavy atom. The highest BCUT2D eigenvalue weighted by molar-refractivity contribution is 6.33. The van der Waals surface area contributed by atoms with Crippen LogP contribution in [0.3, 0.4) is 0 Å². The summed E-state index contributed by atoms with van der Waals surface area (Å²) in [4.78, 5) is 35.8. The zero-order valence-electron chi connectivity index (χ0n) is 16.5. The molecular formula is C20H27ClN2O6. The SMILES string of the molecule is CC(O)N(C(=O)CCCCOc1ccc(Cl)c([N+](=O)[O-])c1C=O)C1CCCCC1. The summed E-state index contributed by atoms with van der Waals surface area (Å²) in [6.45, 7) is 1.81. The number of aliphatic hydroxyl groups is 1. The third-order valence-electron chi connectivity index (χ3n) is 5.13. The highest BCUT2D eigenvalue weighted by Gasteiger charge is 2.28. The molecule has 1 unspecified atom stereocenters. The van der Waals surface area contributed by atoms with Gasteiger partial charge in [-0.1, -0.05) is 30.9 Å². The Morgan fingerprint density at radius 3 is 2.66 bits per heavy atom. The molecule has 1 aromatic rings. The van der Waals surface area contributed by atoms with Crippen molar-refractivity contribution in [3.05, 3.63) is 32.8 Å². The zero-order chi connectivity index (χ0) is 21.4. The minimum absolute atomic E-state index is 0.0809. The van der Waals surface area contributed by atoms with Crippen LogP contribution in [0.25, 0.3) is 0 Å². The Hall–Kier alpha value is -2.19. The van der Waals surface area contributed by atoms with Crippen LogP contribution in [-0.4, -0.2) is 46.0 Å². The minimum atomic E-state index is -0.813. The van der Waals surface area contributed by atoms with Crippen LogP contribution in [0.1, 0.15) is 68.6 Å². The van der Waals surface area contributed by atoms with Gasteiger partial charge in [0, 0.05) is 12.5 Å². The molecule has 0 heterocycles. The monoisotopic (exact) mass is 426 g/mol. The number of unbranched alkanes of at least 4 members (excludes halogenated alkanes) is 1. The average Bonchev–Trinajstić information content (AvgIpc) is 2.68. The lowest BCUT2D eigenvalue weighted by Gasteiger charge is -2.36. The number of rotatable bonds is 10. The van der Waals surface area contributed by atoms with Gasteiger partial charge in [-0.05, 0) is 44.7 Å². The number of nitro groups is 1. The highest BCUT2D eigenvalue weighted by Crippen LogP contribution is 2.34. The maximum Gasteiger partial charge on any atom is 0.302 e. The Balaban J connectivity index is 1.86. The van der Waals surface area contributed by atoms with Gasteiger partial charge in [-0.25, -0.2) is 0 Å². The summed E-state index contributed by atoms with van der Waals surface area (Å²) in [6.07, 6.45) is 6.04. The molecule has 1 atom stereocenters. The average molecular weight is 427 g/mol. The van der Waals surface area contributed by atoms with Gasteiger partial charge in [-0.3, -0.25) is 19.7 Å². The fourth-order valence-electron chi connectivity index (χ4n) is 3.75. The molecular weight excluding hydrogens is 400 g/mol. The van der Waals surface area contributed by atoms with E-state index >= 15 is 0 Å². The molecule has 1 amide bonds. The molecule has 0 aliphatic heterocycles. The quantitative estimate of drug-likeness (QED) is 0.198. The topological polar surface area (TPSA) is 110 Å². The molecule has 1 fully saturated rings. The van der Waals surface area contributed by atoms with E-state index in [1.54, 1.807) is 11.8 Å². The molecule has 1 aromatic carbocycles. The summed E-state index contributed by atoms with van der Waals surface area (Å²) in [5.41, 5.74) is -0.675. The summed E-state index contributed by atoms with van der Waals surface area (Å²) in [5, 5.41) is 21.0. The van der Waals surface area contributed by atoms with Gasteiger partial charge in [-0.15, -0.1) is 0 Å². The predicted octanol–water partition coefficient (Wildman–Crippen LogP) is 4.11. The van der Waals surface area contributed by atoms with Gasteiger partial charge >= 0.3 is 5.69 Å². The number of nitro benzene ring substituents is 1. The number of hydrogen-bond donors (Lipinski definition) is 1. The number of aliphatic hydroxyl groups excluding tert-OH is 1. The largest absolute Gasteiger partial charge is 0.493 e. The van der Waals surface area contributed by atoms with Crippen molar-refractivity contribution in [1.82, 2.24) is 4.90 Å². The molecule has 160 valence electrons. The zero-order valence-corrected chi connectivity index (χ0v) is 17.3. The number of carbonyl (C=O) groups excluding carboxylic acids is 2. The number of amides is 1. The summed E-state index contributed by atoms with van der Waals surface area (Å²) >= 11 is 5.79. The molecule has 0 spiro atoms. The molecule has 0 radical (unpaired) electrons. The molecule has 1 aliphatic rings. The van der Waals surface area contributed by atoms with Crippen LogP contribution >= 0.6 is 11.6 Å². The Labute approximate surface area is 174 Å². The molecule has 0 aromatic heterocycles. The third kappa shape index (κ3) is 6.14. The van der Waals surface area contributed by atoms with E-state index in [2.05, 4.69) is 0 Å². The van der Waals surface area contributed by atoms with Gasteiger partial charge in [0.15, 0.2) is 6.29 Å². The van der Waals surface area contributed by atoms with E-state index in [-0.39, 0.29) is 41.3 Å². The van der Waals surface area contributed by atoms with Gasteiger partial charge in [0.05, 0.1) is 11.5 Å². The van der Waals surface area contributed by atoms with Crippen molar-refractivity contribution in [2.45, 2.75) is 70.6 Å². The number of hydrogen-bond acceptors (Lipinski definition) is 6. The van der Waals surface area contributed by atoms with Gasteiger partial charge in [0.2, 0.25) is 5.91 Å². The molecule has 29 heavy (non-hydrogen) atoms. The van der Waals surface area contributed by atoms with Crippen LogP contribution in [0.4, 0.5) is 5.69 Å². The molecule has 2 rings (SSSR count). The second-order valence-corrected chi connectivity index (χ2v) is 7.62. The van der Waals surface area contributed by atoms with E-state index in [1.807, 2.05) is 0 Å². The third-order valence-corrected chi connectivity index (χ3v) is 5.43. The first-order chi connectivity index (χ1) is 13.9. The second kappa shape index (κ2) is 11.1. The normalized spacial score (nSPS) is 15.6. The van der Waals surface area contributed by atoms with Gasteiger partial charge in [-0.2, -0.15) is 0 Å². The Morgan fingerprint density at radius 1 is 1.38 bits per heavy atom. The van der Waals surface area contributed by atoms with E-state index in [0.29, 0.717) is 19.1 Å². The Kier molecular flexibility index (Phi) is 8.85. The predicted molar refractivity (Wildman–Crippen MR) is 108 cm³/mol. The smallest absolute Gasteiger partial charge is 0.302 e. The van der Waals surface area contributed by atoms with Crippen LogP contribution in [-0.2, 0) is 4.79 Å². The van der Waals surface area contributed by atoms with Crippen LogP contribution in [0, 0.1) is 10.1 Å². The van der Waals surface area contributed by atoms with Crippen molar-refractivity contribution in [3.8, 4) is 5.75 Å². The molecule has 1 saturated carbocycles. The number of ether oxygens (including phenoxy) is 1. The number of aldehydes is 1. The lowest BCUT2D eigenvalue weighted by Crippen LogP contribution is -2.46. The van der Waals surface area contributed by atoms with E-state index in [9.17, 15) is 24.8 Å². The fourth-order valence-corrected chi connectivity index (χ4v) is 3.99. The first-order valence-electron chi connectivity index (χ1n) is 9.91. The highest BCUT2D eigenvalue weighted by atomic mass is 35.5. The van der Waals surface area contributed by atoms with Crippen molar-refractivity contribution >= 4 is 29.5 Å². The first kappa shape index (κ1) is 23.1. The fraction of sp³-hybridized carbons (Fsp3) is 0.600. The summed E-state index contributed by atoms with van der Waals surface area (Å²) in [6, 6.07) is 2.83. The molecule has 1 aliphatic carbocycles. The van der Waals surface area contributed by atoms with Gasteiger partial charge in [0.1, 0.15) is 22.6 Å². The first-order valence-corrected chi connectivity index (χ1v) is 10.3. The van der Waals surface area contributed by atoms with E-state index in [1.165, 1.54) is 18.6 Å². The number of nitrogens with zero attached hydrogens (tertiary/aromatic N) is 2. The van der Waals surface area contributed by atoms with Crippen LogP contribution in [0.5, 0.6) is 5.75 Å². The minimum Gasteiger partial charge on any atom is -0.493 e. The van der Waals surface area contributed by atoms with Gasteiger partial charge in [0.25, 0.3) is 0 Å². The molecule has 9 heteroatoms. The summed E-state index contributed by atoms with van der Waals surface area (Å²) < 4.78 is 5.51. The summed E-state index contributed by atoms with van der Waals surface area (Å²) in [7, 11) is 0. The Bertz CT molecular complexity index is 734. The van der Waals surface area contributed by atoms with Crippen molar-refractivity contribution < 1.29 is 24.4 Å². The summed E-state index contributed by atoms with van der Waals surface area (Å²) in [5.74, 6) is 0.0119. The molecule has 0 bridgehead atoms. The lowest BCUT2D eigenvalue weighted by molar-refractivity contribution is -0.385. The van der Waals surface area contributed by atoms with Crippen molar-refractivity contribution in [2.75, 3.05) is 6.61 Å². The van der Waals surface area contributed by atoms with Gasteiger partial charge < -0.3 is 14.7 Å². The van der Waals surface area contributed by atoms with Crippen LogP contribution < -0.4 is 4.74 Å². The van der Waals surface area contributed by atoms with E-state index in [0.717, 1.165) is 25.7 Å². The van der Waals surface area contributed by atoms with E-state index < -0.39 is 16.8 Å². The molecule has 8 nitrogen and oxygen atoms in total. The van der Waals surface area contributed by atoms with Crippen molar-refractivity contribution in [1.29, 1.82) is 0 Å².